The highest BCUT2D eigenvalue weighted by molar-refractivity contribution is 6.43. The molecule has 0 heterocycles. The van der Waals surface area contributed by atoms with Crippen LogP contribution >= 0.6 is 0 Å². The summed E-state index contributed by atoms with van der Waals surface area (Å²) < 4.78 is 14.7. The Hall–Kier alpha value is -2.50. The van der Waals surface area contributed by atoms with Crippen LogP contribution in [-0.4, -0.2) is 24.0 Å². The fraction of sp³-hybridized carbons (Fsp3) is 0.522. The predicted molar refractivity (Wildman–Crippen MR) is 121 cm³/mol. The van der Waals surface area contributed by atoms with Crippen molar-refractivity contribution in [3.63, 3.8) is 0 Å². The molecule has 5 nitrogen and oxygen atoms in total. The van der Waals surface area contributed by atoms with Crippen molar-refractivity contribution in [3.05, 3.63) is 41.4 Å². The molecule has 160 valence electrons. The molecule has 0 spiro atoms. The van der Waals surface area contributed by atoms with E-state index < -0.39 is 5.82 Å². The summed E-state index contributed by atoms with van der Waals surface area (Å²) in [7, 11) is 0. The van der Waals surface area contributed by atoms with Gasteiger partial charge >= 0.3 is 0 Å². The van der Waals surface area contributed by atoms with E-state index in [0.29, 0.717) is 29.5 Å². The van der Waals surface area contributed by atoms with Gasteiger partial charge < -0.3 is 16.0 Å². The second-order valence-corrected chi connectivity index (χ2v) is 7.32. The molecule has 0 saturated carbocycles. The van der Waals surface area contributed by atoms with E-state index in [2.05, 4.69) is 29.5 Å². The van der Waals surface area contributed by atoms with E-state index in [1.807, 2.05) is 6.92 Å². The minimum atomic E-state index is -0.587. The Kier molecular flexibility index (Phi) is 10.9. The molecule has 0 aromatic heterocycles. The molecule has 1 aromatic carbocycles. The molecule has 0 aliphatic rings. The largest absolute Gasteiger partial charge is 0.352 e. The average molecular weight is 403 g/mol. The summed E-state index contributed by atoms with van der Waals surface area (Å²) in [6, 6.07) is 2.97. The van der Waals surface area contributed by atoms with Crippen LogP contribution in [0.2, 0.25) is 0 Å². The average Bonchev–Trinajstić information content (AvgIpc) is 2.67. The van der Waals surface area contributed by atoms with Gasteiger partial charge in [0.15, 0.2) is 5.84 Å². The van der Waals surface area contributed by atoms with E-state index >= 15 is 0 Å². The number of nitrogens with zero attached hydrogens (tertiary/aromatic N) is 1. The number of anilines is 1. The van der Waals surface area contributed by atoms with Crippen molar-refractivity contribution in [1.82, 2.24) is 5.32 Å². The number of aliphatic imine (C=N–C) groups is 1. The van der Waals surface area contributed by atoms with Gasteiger partial charge in [-0.2, -0.15) is 0 Å². The summed E-state index contributed by atoms with van der Waals surface area (Å²) in [6.07, 6.45) is 8.85. The van der Waals surface area contributed by atoms with Crippen LogP contribution in [0, 0.1) is 24.1 Å². The molecular weight excluding hydrogens is 367 g/mol. The standard InChI is InChI=1S/C23H35FN4O/c1-6-9-10-18(8-3)11-13-27-23(29)21-16(4)14-19(15-20(21)24)28-22(17(5)25)26-12-7-2/h7,12,14-15,18,25H,6,8-11,13H2,1-5H3,(H,26,28)(H,27,29)/b12-7-,25-17?. The van der Waals surface area contributed by atoms with E-state index in [9.17, 15) is 9.18 Å². The first-order valence-electron chi connectivity index (χ1n) is 10.4. The summed E-state index contributed by atoms with van der Waals surface area (Å²) in [5.74, 6) is -0.0530. The fourth-order valence-corrected chi connectivity index (χ4v) is 3.14. The Morgan fingerprint density at radius 1 is 1.31 bits per heavy atom. The molecule has 1 aromatic rings. The number of rotatable bonds is 11. The summed E-state index contributed by atoms with van der Waals surface area (Å²) in [4.78, 5) is 16.7. The van der Waals surface area contributed by atoms with Crippen molar-refractivity contribution in [3.8, 4) is 0 Å². The summed E-state index contributed by atoms with van der Waals surface area (Å²) in [5, 5.41) is 13.6. The number of amidine groups is 1. The van der Waals surface area contributed by atoms with Gasteiger partial charge in [-0.1, -0.05) is 45.6 Å². The first-order chi connectivity index (χ1) is 13.8. The number of carbonyl (C=O) groups excluding carboxylic acids is 1. The quantitative estimate of drug-likeness (QED) is 0.320. The molecule has 1 atom stereocenters. The maximum Gasteiger partial charge on any atom is 0.254 e. The zero-order chi connectivity index (χ0) is 21.8. The van der Waals surface area contributed by atoms with Gasteiger partial charge in [0, 0.05) is 18.4 Å². The number of carbonyl (C=O) groups is 1. The van der Waals surface area contributed by atoms with Gasteiger partial charge in [0.2, 0.25) is 0 Å². The van der Waals surface area contributed by atoms with Crippen molar-refractivity contribution >= 4 is 23.1 Å². The van der Waals surface area contributed by atoms with Crippen molar-refractivity contribution in [2.45, 2.75) is 66.7 Å². The monoisotopic (exact) mass is 402 g/mol. The van der Waals surface area contributed by atoms with Crippen molar-refractivity contribution in [1.29, 1.82) is 5.41 Å². The second kappa shape index (κ2) is 12.9. The number of unbranched alkanes of at least 4 members (excludes halogenated alkanes) is 1. The number of benzene rings is 1. The van der Waals surface area contributed by atoms with Crippen molar-refractivity contribution in [2.75, 3.05) is 11.9 Å². The van der Waals surface area contributed by atoms with Crippen LogP contribution in [-0.2, 0) is 0 Å². The third kappa shape index (κ3) is 8.18. The highest BCUT2D eigenvalue weighted by atomic mass is 19.1. The number of halogens is 1. The first kappa shape index (κ1) is 24.5. The Bertz CT molecular complexity index is 732. The zero-order valence-corrected chi connectivity index (χ0v) is 18.4. The van der Waals surface area contributed by atoms with Gasteiger partial charge in [-0.25, -0.2) is 9.38 Å². The van der Waals surface area contributed by atoms with Gasteiger partial charge in [0.1, 0.15) is 5.82 Å². The number of allylic oxidation sites excluding steroid dienone is 1. The maximum absolute atomic E-state index is 14.7. The highest BCUT2D eigenvalue weighted by Gasteiger charge is 2.17. The van der Waals surface area contributed by atoms with E-state index in [0.717, 1.165) is 12.8 Å². The number of hydrogen-bond acceptors (Lipinski definition) is 3. The summed E-state index contributed by atoms with van der Waals surface area (Å²) >= 11 is 0. The molecule has 0 aliphatic heterocycles. The first-order valence-corrected chi connectivity index (χ1v) is 10.4. The lowest BCUT2D eigenvalue weighted by Gasteiger charge is -2.16. The van der Waals surface area contributed by atoms with Crippen LogP contribution in [0.15, 0.2) is 29.4 Å². The number of hydrogen-bond donors (Lipinski definition) is 3. The van der Waals surface area contributed by atoms with Crippen LogP contribution in [0.5, 0.6) is 0 Å². The minimum absolute atomic E-state index is 0.0654. The van der Waals surface area contributed by atoms with Gasteiger partial charge in [0.25, 0.3) is 5.91 Å². The lowest BCUT2D eigenvalue weighted by Crippen LogP contribution is -2.28. The van der Waals surface area contributed by atoms with Crippen LogP contribution in [0.25, 0.3) is 0 Å². The molecule has 1 amide bonds. The van der Waals surface area contributed by atoms with Crippen LogP contribution in [0.1, 0.15) is 75.7 Å². The van der Waals surface area contributed by atoms with Crippen LogP contribution in [0.3, 0.4) is 0 Å². The third-order valence-corrected chi connectivity index (χ3v) is 4.87. The Morgan fingerprint density at radius 2 is 2.03 bits per heavy atom. The molecule has 1 rings (SSSR count). The van der Waals surface area contributed by atoms with Crippen molar-refractivity contribution < 1.29 is 9.18 Å². The predicted octanol–water partition coefficient (Wildman–Crippen LogP) is 5.85. The second-order valence-electron chi connectivity index (χ2n) is 7.32. The van der Waals surface area contributed by atoms with Gasteiger partial charge in [0.05, 0.1) is 11.3 Å². The maximum atomic E-state index is 14.7. The van der Waals surface area contributed by atoms with E-state index in [1.165, 1.54) is 25.3 Å². The van der Waals surface area contributed by atoms with Crippen LogP contribution in [0.4, 0.5) is 10.1 Å². The highest BCUT2D eigenvalue weighted by Crippen LogP contribution is 2.20. The topological polar surface area (TPSA) is 77.3 Å². The van der Waals surface area contributed by atoms with E-state index in [-0.39, 0.29) is 17.2 Å². The van der Waals surface area contributed by atoms with Gasteiger partial charge in [-0.3, -0.25) is 4.79 Å². The molecule has 0 aliphatic carbocycles. The SMILES string of the molecule is C/C=C\N=C(Nc1cc(C)c(C(=O)NCCC(CC)CCCC)c(F)c1)C(C)=N. The number of amides is 1. The Balaban J connectivity index is 2.83. The fourth-order valence-electron chi connectivity index (χ4n) is 3.14. The number of nitrogens with one attached hydrogen (secondary N) is 3. The number of aryl methyl sites for hydroxylation is 1. The Morgan fingerprint density at radius 3 is 2.59 bits per heavy atom. The zero-order valence-electron chi connectivity index (χ0n) is 18.4. The smallest absolute Gasteiger partial charge is 0.254 e. The van der Waals surface area contributed by atoms with Crippen LogP contribution < -0.4 is 10.6 Å². The molecule has 0 fully saturated rings. The minimum Gasteiger partial charge on any atom is -0.352 e. The third-order valence-electron chi connectivity index (χ3n) is 4.87. The Labute approximate surface area is 174 Å². The van der Waals surface area contributed by atoms with Gasteiger partial charge in [-0.15, -0.1) is 0 Å². The normalized spacial score (nSPS) is 12.8. The molecule has 6 heteroatoms. The summed E-state index contributed by atoms with van der Waals surface area (Å²) in [6.45, 7) is 10.0. The lowest BCUT2D eigenvalue weighted by molar-refractivity contribution is 0.0946. The van der Waals surface area contributed by atoms with E-state index in [4.69, 9.17) is 5.41 Å². The molecule has 1 unspecified atom stereocenters. The molecule has 29 heavy (non-hydrogen) atoms. The molecule has 3 N–H and O–H groups in total. The summed E-state index contributed by atoms with van der Waals surface area (Å²) in [5.41, 5.74) is 1.29. The molecule has 0 saturated heterocycles. The molecule has 0 radical (unpaired) electrons. The van der Waals surface area contributed by atoms with E-state index in [1.54, 1.807) is 32.2 Å². The van der Waals surface area contributed by atoms with Crippen molar-refractivity contribution in [2.24, 2.45) is 10.9 Å². The molecule has 0 bridgehead atoms. The van der Waals surface area contributed by atoms with Gasteiger partial charge in [-0.05, 0) is 50.8 Å². The lowest BCUT2D eigenvalue weighted by atomic mass is 9.96. The molecular formula is C23H35FN4O.